The van der Waals surface area contributed by atoms with E-state index in [1.54, 1.807) is 28.6 Å². The van der Waals surface area contributed by atoms with Crippen molar-refractivity contribution in [3.8, 4) is 0 Å². The molecule has 0 bridgehead atoms. The van der Waals surface area contributed by atoms with E-state index in [1.807, 2.05) is 6.92 Å². The van der Waals surface area contributed by atoms with Gasteiger partial charge in [-0.25, -0.2) is 8.42 Å². The van der Waals surface area contributed by atoms with Crippen molar-refractivity contribution < 1.29 is 8.42 Å². The highest BCUT2D eigenvalue weighted by atomic mass is 79.9. The largest absolute Gasteiger partial charge is 0.330 e. The number of halogens is 1. The van der Waals surface area contributed by atoms with E-state index >= 15 is 0 Å². The number of nitrogens with zero attached hydrogens (tertiary/aromatic N) is 1. The Balaban J connectivity index is 2.36. The fourth-order valence-corrected chi connectivity index (χ4v) is 5.08. The maximum Gasteiger partial charge on any atom is 0.244 e. The molecule has 4 nitrogen and oxygen atoms in total. The first kappa shape index (κ1) is 14.0. The van der Waals surface area contributed by atoms with Crippen molar-refractivity contribution >= 4 is 26.0 Å². The van der Waals surface area contributed by atoms with Gasteiger partial charge in [0, 0.05) is 17.1 Å². The molecule has 0 saturated carbocycles. The number of nitrogens with two attached hydrogens (primary N) is 1. The lowest BCUT2D eigenvalue weighted by molar-refractivity contribution is 0.404. The average molecular weight is 333 g/mol. The van der Waals surface area contributed by atoms with Crippen molar-refractivity contribution in [2.45, 2.75) is 24.3 Å². The summed E-state index contributed by atoms with van der Waals surface area (Å²) in [5.41, 5.74) is 5.64. The van der Waals surface area contributed by atoms with Crippen LogP contribution in [0.1, 0.15) is 13.3 Å². The second-order valence-electron chi connectivity index (χ2n) is 4.69. The topological polar surface area (TPSA) is 63.4 Å². The van der Waals surface area contributed by atoms with Crippen LogP contribution in [0.25, 0.3) is 0 Å². The molecule has 0 amide bonds. The van der Waals surface area contributed by atoms with Gasteiger partial charge in [0.25, 0.3) is 0 Å². The zero-order chi connectivity index (χ0) is 13.3. The quantitative estimate of drug-likeness (QED) is 0.918. The summed E-state index contributed by atoms with van der Waals surface area (Å²) in [5, 5.41) is 0. The van der Waals surface area contributed by atoms with Crippen LogP contribution in [0.3, 0.4) is 0 Å². The molecule has 1 aliphatic heterocycles. The number of rotatable bonds is 3. The van der Waals surface area contributed by atoms with Crippen LogP contribution in [0.5, 0.6) is 0 Å². The second kappa shape index (κ2) is 5.28. The summed E-state index contributed by atoms with van der Waals surface area (Å²) in [7, 11) is -3.43. The van der Waals surface area contributed by atoms with Gasteiger partial charge >= 0.3 is 0 Å². The summed E-state index contributed by atoms with van der Waals surface area (Å²) in [6, 6.07) is 6.92. The van der Waals surface area contributed by atoms with E-state index in [0.717, 1.165) is 6.42 Å². The van der Waals surface area contributed by atoms with Gasteiger partial charge in [0.15, 0.2) is 0 Å². The second-order valence-corrected chi connectivity index (χ2v) is 7.40. The molecule has 1 saturated heterocycles. The first-order chi connectivity index (χ1) is 8.46. The van der Waals surface area contributed by atoms with Crippen molar-refractivity contribution in [2.75, 3.05) is 13.1 Å². The fraction of sp³-hybridized carbons (Fsp3) is 0.500. The predicted octanol–water partition coefficient (Wildman–Crippen LogP) is 1.81. The third-order valence-corrected chi connectivity index (χ3v) is 6.35. The van der Waals surface area contributed by atoms with Crippen LogP contribution in [0.2, 0.25) is 0 Å². The molecule has 0 aromatic heterocycles. The number of hydrogen-bond donors (Lipinski definition) is 1. The Hall–Kier alpha value is -0.430. The van der Waals surface area contributed by atoms with Gasteiger partial charge in [-0.2, -0.15) is 4.31 Å². The van der Waals surface area contributed by atoms with E-state index in [9.17, 15) is 8.42 Å². The van der Waals surface area contributed by atoms with Crippen molar-refractivity contribution in [1.82, 2.24) is 4.31 Å². The maximum absolute atomic E-state index is 12.6. The molecular formula is C12H17BrN2O2S. The molecular weight excluding hydrogens is 316 g/mol. The van der Waals surface area contributed by atoms with Gasteiger partial charge in [0.2, 0.25) is 10.0 Å². The molecule has 0 radical (unpaired) electrons. The predicted molar refractivity (Wildman–Crippen MR) is 74.7 cm³/mol. The molecule has 1 aromatic carbocycles. The minimum Gasteiger partial charge on any atom is -0.330 e. The molecule has 1 aliphatic rings. The maximum atomic E-state index is 12.6. The lowest BCUT2D eigenvalue weighted by Gasteiger charge is -2.21. The first-order valence-corrected chi connectivity index (χ1v) is 8.16. The monoisotopic (exact) mass is 332 g/mol. The summed E-state index contributed by atoms with van der Waals surface area (Å²) in [6.07, 6.45) is 0.834. The Bertz CT molecular complexity index is 533. The van der Waals surface area contributed by atoms with Crippen LogP contribution < -0.4 is 5.73 Å². The van der Waals surface area contributed by atoms with Crippen LogP contribution in [0.15, 0.2) is 33.6 Å². The Morgan fingerprint density at radius 1 is 1.44 bits per heavy atom. The van der Waals surface area contributed by atoms with Gasteiger partial charge in [-0.15, -0.1) is 0 Å². The summed E-state index contributed by atoms with van der Waals surface area (Å²) in [6.45, 7) is 2.98. The molecule has 6 heteroatoms. The van der Waals surface area contributed by atoms with Crippen molar-refractivity contribution in [3.05, 3.63) is 28.7 Å². The van der Waals surface area contributed by atoms with Gasteiger partial charge < -0.3 is 5.73 Å². The van der Waals surface area contributed by atoms with Crippen molar-refractivity contribution in [1.29, 1.82) is 0 Å². The average Bonchev–Trinajstić information content (AvgIpc) is 2.71. The van der Waals surface area contributed by atoms with Crippen LogP contribution in [-0.4, -0.2) is 31.9 Å². The molecule has 1 heterocycles. The van der Waals surface area contributed by atoms with E-state index in [4.69, 9.17) is 5.73 Å². The van der Waals surface area contributed by atoms with Gasteiger partial charge in [-0.05, 0) is 53.9 Å². The first-order valence-electron chi connectivity index (χ1n) is 5.93. The summed E-state index contributed by atoms with van der Waals surface area (Å²) < 4.78 is 27.3. The fourth-order valence-electron chi connectivity index (χ4n) is 2.39. The van der Waals surface area contributed by atoms with Crippen molar-refractivity contribution in [3.63, 3.8) is 0 Å². The van der Waals surface area contributed by atoms with Crippen molar-refractivity contribution in [2.24, 2.45) is 11.7 Å². The summed E-state index contributed by atoms with van der Waals surface area (Å²) in [5.74, 6) is 0.261. The Kier molecular flexibility index (Phi) is 4.11. The molecule has 2 rings (SSSR count). The smallest absolute Gasteiger partial charge is 0.244 e. The Morgan fingerprint density at radius 2 is 2.11 bits per heavy atom. The molecule has 0 spiro atoms. The van der Waals surface area contributed by atoms with Gasteiger partial charge in [0.05, 0.1) is 4.90 Å². The van der Waals surface area contributed by atoms with Gasteiger partial charge in [-0.1, -0.05) is 12.1 Å². The standard InChI is InChI=1S/C12H17BrN2O2S/c1-9-6-10(7-14)8-15(9)18(16,17)12-5-3-2-4-11(12)13/h2-5,9-10H,6-8,14H2,1H3. The Morgan fingerprint density at radius 3 is 2.67 bits per heavy atom. The zero-order valence-corrected chi connectivity index (χ0v) is 12.6. The molecule has 18 heavy (non-hydrogen) atoms. The van der Waals surface area contributed by atoms with E-state index in [1.165, 1.54) is 0 Å². The molecule has 2 N–H and O–H groups in total. The number of hydrogen-bond acceptors (Lipinski definition) is 3. The minimum absolute atomic E-state index is 0.00987. The normalized spacial score (nSPS) is 25.5. The van der Waals surface area contributed by atoms with E-state index in [0.29, 0.717) is 22.5 Å². The zero-order valence-electron chi connectivity index (χ0n) is 10.2. The minimum atomic E-state index is -3.43. The van der Waals surface area contributed by atoms with Crippen LogP contribution in [0.4, 0.5) is 0 Å². The molecule has 1 fully saturated rings. The Labute approximate surface area is 116 Å². The third kappa shape index (κ3) is 2.47. The van der Waals surface area contributed by atoms with Crippen LogP contribution in [-0.2, 0) is 10.0 Å². The van der Waals surface area contributed by atoms with E-state index < -0.39 is 10.0 Å². The molecule has 0 aliphatic carbocycles. The molecule has 100 valence electrons. The lowest BCUT2D eigenvalue weighted by atomic mass is 10.1. The van der Waals surface area contributed by atoms with Gasteiger partial charge in [0.1, 0.15) is 0 Å². The number of sulfonamides is 1. The highest BCUT2D eigenvalue weighted by Crippen LogP contribution is 2.31. The summed E-state index contributed by atoms with van der Waals surface area (Å²) in [4.78, 5) is 0.328. The molecule has 2 atom stereocenters. The lowest BCUT2D eigenvalue weighted by Crippen LogP contribution is -2.34. The van der Waals surface area contributed by atoms with Crippen LogP contribution in [0, 0.1) is 5.92 Å². The van der Waals surface area contributed by atoms with Crippen LogP contribution >= 0.6 is 15.9 Å². The van der Waals surface area contributed by atoms with E-state index in [2.05, 4.69) is 15.9 Å². The van der Waals surface area contributed by atoms with E-state index in [-0.39, 0.29) is 12.0 Å². The molecule has 1 aromatic rings. The third-order valence-electron chi connectivity index (χ3n) is 3.36. The molecule has 2 unspecified atom stereocenters. The highest BCUT2D eigenvalue weighted by molar-refractivity contribution is 9.10. The summed E-state index contributed by atoms with van der Waals surface area (Å²) >= 11 is 3.30. The van der Waals surface area contributed by atoms with Gasteiger partial charge in [-0.3, -0.25) is 0 Å². The SMILES string of the molecule is CC1CC(CN)CN1S(=O)(=O)c1ccccc1Br. The number of benzene rings is 1. The highest BCUT2D eigenvalue weighted by Gasteiger charge is 2.37.